The molecule has 1 unspecified atom stereocenters. The number of benzene rings is 1. The van der Waals surface area contributed by atoms with Crippen molar-refractivity contribution >= 4 is 25.1 Å². The minimum atomic E-state index is -4.76. The topological polar surface area (TPSA) is 85.7 Å². The number of halogens is 3. The number of esters is 1. The van der Waals surface area contributed by atoms with Gasteiger partial charge in [0.05, 0.1) is 10.5 Å². The average Bonchev–Trinajstić information content (AvgIpc) is 2.63. The molecule has 0 aliphatic carbocycles. The fourth-order valence-corrected chi connectivity index (χ4v) is 4.00. The molecule has 1 N–H and O–H groups in total. The Kier molecular flexibility index (Phi) is 8.13. The standard InChI is InChI=1S/C18H19F3NO5PS/c1-28(24,25)12-29-16-10-13(8-9-22-16)4-7-17(23)26-11-14-2-5-15(6-3-14)27-18(19,20)21/h2-3,5-6,8-10H,4,7,11-12H2,1H3,(H,24,25). The van der Waals surface area contributed by atoms with Crippen LogP contribution < -0.4 is 4.74 Å². The monoisotopic (exact) mass is 449 g/mol. The molecule has 29 heavy (non-hydrogen) atoms. The van der Waals surface area contributed by atoms with E-state index < -0.39 is 19.7 Å². The molecule has 0 bridgehead atoms. The van der Waals surface area contributed by atoms with Crippen molar-refractivity contribution in [2.24, 2.45) is 0 Å². The lowest BCUT2D eigenvalue weighted by molar-refractivity contribution is -0.274. The molecule has 158 valence electrons. The first-order valence-electron chi connectivity index (χ1n) is 8.37. The highest BCUT2D eigenvalue weighted by Crippen LogP contribution is 2.41. The number of nitrogens with zero attached hydrogens (tertiary/aromatic N) is 1. The summed E-state index contributed by atoms with van der Waals surface area (Å²) in [4.78, 5) is 25.3. The van der Waals surface area contributed by atoms with E-state index in [1.165, 1.54) is 30.6 Å². The molecule has 0 aliphatic rings. The van der Waals surface area contributed by atoms with Gasteiger partial charge in [-0.25, -0.2) is 4.98 Å². The molecule has 1 atom stereocenters. The molecule has 0 aliphatic heterocycles. The molecule has 0 amide bonds. The number of pyridine rings is 1. The van der Waals surface area contributed by atoms with Crippen LogP contribution in [-0.4, -0.2) is 34.4 Å². The minimum Gasteiger partial charge on any atom is -0.461 e. The van der Waals surface area contributed by atoms with Gasteiger partial charge in [-0.15, -0.1) is 13.2 Å². The third kappa shape index (κ3) is 9.83. The molecule has 0 saturated heterocycles. The molecule has 0 spiro atoms. The molecule has 1 heterocycles. The number of thioether (sulfide) groups is 1. The van der Waals surface area contributed by atoms with E-state index in [0.29, 0.717) is 17.0 Å². The van der Waals surface area contributed by atoms with Gasteiger partial charge in [0, 0.05) is 19.3 Å². The molecular formula is C18H19F3NO5PS. The Morgan fingerprint density at radius 3 is 2.52 bits per heavy atom. The van der Waals surface area contributed by atoms with Crippen LogP contribution in [0.5, 0.6) is 5.75 Å². The Hall–Kier alpha value is -2.03. The maximum atomic E-state index is 12.1. The van der Waals surface area contributed by atoms with Crippen molar-refractivity contribution in [1.29, 1.82) is 0 Å². The second-order valence-corrected chi connectivity index (χ2v) is 10.0. The number of rotatable bonds is 9. The Morgan fingerprint density at radius 2 is 1.90 bits per heavy atom. The number of aryl methyl sites for hydroxylation is 1. The summed E-state index contributed by atoms with van der Waals surface area (Å²) in [5.74, 6) is -0.806. The van der Waals surface area contributed by atoms with Crippen molar-refractivity contribution in [3.63, 3.8) is 0 Å². The number of carbonyl (C=O) groups is 1. The van der Waals surface area contributed by atoms with Crippen LogP contribution in [0.3, 0.4) is 0 Å². The van der Waals surface area contributed by atoms with E-state index in [-0.39, 0.29) is 24.3 Å². The highest BCUT2D eigenvalue weighted by molar-refractivity contribution is 8.04. The van der Waals surface area contributed by atoms with Gasteiger partial charge in [0.15, 0.2) is 0 Å². The van der Waals surface area contributed by atoms with Crippen molar-refractivity contribution in [2.75, 3.05) is 12.2 Å². The summed E-state index contributed by atoms with van der Waals surface area (Å²) in [6, 6.07) is 8.54. The smallest absolute Gasteiger partial charge is 0.461 e. The normalized spacial score (nSPS) is 13.6. The fourth-order valence-electron chi connectivity index (χ4n) is 2.14. The van der Waals surface area contributed by atoms with Crippen LogP contribution in [0.15, 0.2) is 47.6 Å². The van der Waals surface area contributed by atoms with Crippen LogP contribution in [0.1, 0.15) is 17.5 Å². The van der Waals surface area contributed by atoms with E-state index in [0.717, 1.165) is 17.7 Å². The van der Waals surface area contributed by atoms with Crippen LogP contribution in [0.2, 0.25) is 0 Å². The summed E-state index contributed by atoms with van der Waals surface area (Å²) < 4.78 is 56.6. The third-order valence-electron chi connectivity index (χ3n) is 3.43. The molecule has 2 aromatic rings. The molecular weight excluding hydrogens is 430 g/mol. The highest BCUT2D eigenvalue weighted by atomic mass is 32.2. The highest BCUT2D eigenvalue weighted by Gasteiger charge is 2.30. The number of hydrogen-bond acceptors (Lipinski definition) is 6. The van der Waals surface area contributed by atoms with Crippen molar-refractivity contribution in [1.82, 2.24) is 4.98 Å². The van der Waals surface area contributed by atoms with Crippen LogP contribution in [0.4, 0.5) is 13.2 Å². The van der Waals surface area contributed by atoms with Gasteiger partial charge in [0.25, 0.3) is 0 Å². The van der Waals surface area contributed by atoms with Gasteiger partial charge >= 0.3 is 12.3 Å². The van der Waals surface area contributed by atoms with E-state index in [4.69, 9.17) is 4.74 Å². The lowest BCUT2D eigenvalue weighted by atomic mass is 10.1. The molecule has 6 nitrogen and oxygen atoms in total. The zero-order valence-corrected chi connectivity index (χ0v) is 17.1. The first-order chi connectivity index (χ1) is 13.5. The molecule has 0 fully saturated rings. The van der Waals surface area contributed by atoms with Crippen molar-refractivity contribution in [3.8, 4) is 5.75 Å². The maximum absolute atomic E-state index is 12.1. The molecule has 2 rings (SSSR count). The summed E-state index contributed by atoms with van der Waals surface area (Å²) in [7, 11) is -3.14. The number of hydrogen-bond donors (Lipinski definition) is 1. The average molecular weight is 449 g/mol. The Labute approximate surface area is 169 Å². The Morgan fingerprint density at radius 1 is 1.21 bits per heavy atom. The molecule has 1 aromatic heterocycles. The number of carbonyl (C=O) groups excluding carboxylic acids is 1. The largest absolute Gasteiger partial charge is 0.573 e. The number of alkyl halides is 3. The second-order valence-electron chi connectivity index (χ2n) is 6.18. The molecule has 0 saturated carbocycles. The maximum Gasteiger partial charge on any atom is 0.573 e. The summed E-state index contributed by atoms with van der Waals surface area (Å²) in [6.45, 7) is 1.21. The van der Waals surface area contributed by atoms with Gasteiger partial charge in [0.1, 0.15) is 12.4 Å². The molecule has 1 aromatic carbocycles. The fraction of sp³-hybridized carbons (Fsp3) is 0.333. The van der Waals surface area contributed by atoms with E-state index in [2.05, 4.69) is 9.72 Å². The van der Waals surface area contributed by atoms with Crippen molar-refractivity contribution < 1.29 is 36.9 Å². The number of ether oxygens (including phenoxy) is 2. The zero-order valence-electron chi connectivity index (χ0n) is 15.4. The quantitative estimate of drug-likeness (QED) is 0.340. The van der Waals surface area contributed by atoms with E-state index in [1.54, 1.807) is 18.3 Å². The first kappa shape index (κ1) is 23.3. The van der Waals surface area contributed by atoms with Gasteiger partial charge in [-0.1, -0.05) is 23.9 Å². The van der Waals surface area contributed by atoms with E-state index >= 15 is 0 Å². The van der Waals surface area contributed by atoms with E-state index in [9.17, 15) is 27.4 Å². The summed E-state index contributed by atoms with van der Waals surface area (Å²) >= 11 is 1.17. The van der Waals surface area contributed by atoms with Gasteiger partial charge in [-0.2, -0.15) is 0 Å². The van der Waals surface area contributed by atoms with Gasteiger partial charge in [-0.05, 0) is 41.8 Å². The predicted octanol–water partition coefficient (Wildman–Crippen LogP) is 4.61. The number of aromatic nitrogens is 1. The lowest BCUT2D eigenvalue weighted by Gasteiger charge is -2.10. The summed E-state index contributed by atoms with van der Waals surface area (Å²) in [6.07, 6.45) is -2.69. The molecule has 11 heteroatoms. The van der Waals surface area contributed by atoms with E-state index in [1.807, 2.05) is 0 Å². The SMILES string of the molecule is CP(=O)(O)CSc1cc(CCC(=O)OCc2ccc(OC(F)(F)F)cc2)ccn1. The van der Waals surface area contributed by atoms with Crippen molar-refractivity contribution in [3.05, 3.63) is 53.7 Å². The van der Waals surface area contributed by atoms with Crippen LogP contribution >= 0.6 is 19.1 Å². The summed E-state index contributed by atoms with van der Waals surface area (Å²) in [5.41, 5.74) is 1.42. The zero-order chi connectivity index (χ0) is 21.5. The minimum absolute atomic E-state index is 0.0539. The Balaban J connectivity index is 1.78. The van der Waals surface area contributed by atoms with Crippen molar-refractivity contribution in [2.45, 2.75) is 30.8 Å². The van der Waals surface area contributed by atoms with Crippen LogP contribution in [0, 0.1) is 0 Å². The first-order valence-corrected chi connectivity index (χ1v) is 11.7. The molecule has 0 radical (unpaired) electrons. The Bertz CT molecular complexity index is 871. The lowest BCUT2D eigenvalue weighted by Crippen LogP contribution is -2.17. The van der Waals surface area contributed by atoms with Gasteiger partial charge in [-0.3, -0.25) is 9.36 Å². The van der Waals surface area contributed by atoms with Gasteiger partial charge in [0.2, 0.25) is 7.37 Å². The van der Waals surface area contributed by atoms with Gasteiger partial charge < -0.3 is 14.4 Å². The predicted molar refractivity (Wildman–Crippen MR) is 102 cm³/mol. The second kappa shape index (κ2) is 10.1. The van der Waals surface area contributed by atoms with Crippen LogP contribution in [-0.2, 0) is 27.1 Å². The van der Waals surface area contributed by atoms with Crippen LogP contribution in [0.25, 0.3) is 0 Å². The third-order valence-corrected chi connectivity index (χ3v) is 6.38. The summed E-state index contributed by atoms with van der Waals surface area (Å²) in [5, 5.41) is 0.591.